The summed E-state index contributed by atoms with van der Waals surface area (Å²) in [7, 11) is 2.21. The Hall–Kier alpha value is -2.54. The second-order valence-electron chi connectivity index (χ2n) is 11.3. The Labute approximate surface area is 215 Å². The van der Waals surface area contributed by atoms with Gasteiger partial charge in [-0.05, 0) is 76.9 Å². The van der Waals surface area contributed by atoms with Gasteiger partial charge in [0.1, 0.15) is 17.0 Å². The third-order valence-corrected chi connectivity index (χ3v) is 8.80. The van der Waals surface area contributed by atoms with Crippen LogP contribution in [0.1, 0.15) is 88.0 Å². The van der Waals surface area contributed by atoms with E-state index in [1.165, 1.54) is 38.5 Å². The first-order valence-corrected chi connectivity index (χ1v) is 14.0. The van der Waals surface area contributed by atoms with Gasteiger partial charge in [0.15, 0.2) is 0 Å². The second-order valence-corrected chi connectivity index (χ2v) is 11.3. The minimum absolute atomic E-state index is 0.0341. The van der Waals surface area contributed by atoms with E-state index in [0.717, 1.165) is 44.3 Å². The molecule has 2 amide bonds. The predicted molar refractivity (Wildman–Crippen MR) is 141 cm³/mol. The molecule has 1 aliphatic heterocycles. The van der Waals surface area contributed by atoms with Gasteiger partial charge < -0.3 is 24.1 Å². The maximum atomic E-state index is 13.9. The lowest BCUT2D eigenvalue weighted by Crippen LogP contribution is -2.65. The SMILES string of the molecule is CN(CCCN1C(=O)c2ccc(-c3ccco3)n2C[C@]1(C)C(=O)NC1CCCCC1)C1CCCCC1. The smallest absolute Gasteiger partial charge is 0.271 e. The molecule has 7 nitrogen and oxygen atoms in total. The number of carbonyl (C=O) groups excluding carboxylic acids is 2. The molecule has 196 valence electrons. The first-order valence-electron chi connectivity index (χ1n) is 14.0. The molecule has 2 aromatic rings. The molecule has 3 aliphatic rings. The number of furan rings is 1. The van der Waals surface area contributed by atoms with Crippen molar-refractivity contribution in [3.05, 3.63) is 36.2 Å². The Kier molecular flexibility index (Phi) is 7.56. The molecule has 0 bridgehead atoms. The average molecular weight is 495 g/mol. The van der Waals surface area contributed by atoms with Crippen molar-refractivity contribution in [3.8, 4) is 11.5 Å². The van der Waals surface area contributed by atoms with Crippen molar-refractivity contribution in [1.82, 2.24) is 19.7 Å². The highest BCUT2D eigenvalue weighted by Gasteiger charge is 2.48. The summed E-state index contributed by atoms with van der Waals surface area (Å²) < 4.78 is 7.63. The number of hydrogen-bond acceptors (Lipinski definition) is 4. The fourth-order valence-electron chi connectivity index (χ4n) is 6.53. The number of aromatic nitrogens is 1. The normalized spacial score (nSPS) is 23.8. The van der Waals surface area contributed by atoms with Crippen molar-refractivity contribution in [1.29, 1.82) is 0 Å². The van der Waals surface area contributed by atoms with Crippen molar-refractivity contribution >= 4 is 11.8 Å². The van der Waals surface area contributed by atoms with E-state index in [1.54, 1.807) is 6.26 Å². The van der Waals surface area contributed by atoms with Gasteiger partial charge in [-0.25, -0.2) is 0 Å². The summed E-state index contributed by atoms with van der Waals surface area (Å²) in [4.78, 5) is 32.0. The summed E-state index contributed by atoms with van der Waals surface area (Å²) in [5.74, 6) is 0.612. The average Bonchev–Trinajstić information content (AvgIpc) is 3.57. The van der Waals surface area contributed by atoms with Crippen LogP contribution in [0.3, 0.4) is 0 Å². The monoisotopic (exact) mass is 494 g/mol. The molecule has 5 rings (SSSR count). The molecule has 0 aromatic carbocycles. The minimum atomic E-state index is -0.953. The quantitative estimate of drug-likeness (QED) is 0.556. The van der Waals surface area contributed by atoms with Crippen LogP contribution in [0.2, 0.25) is 0 Å². The summed E-state index contributed by atoms with van der Waals surface area (Å²) in [5, 5.41) is 3.33. The third kappa shape index (κ3) is 4.99. The molecular formula is C29H42N4O3. The Morgan fingerprint density at radius 2 is 1.75 bits per heavy atom. The Morgan fingerprint density at radius 3 is 2.44 bits per heavy atom. The molecule has 36 heavy (non-hydrogen) atoms. The van der Waals surface area contributed by atoms with Crippen molar-refractivity contribution in [3.63, 3.8) is 0 Å². The van der Waals surface area contributed by atoms with Crippen LogP contribution in [0, 0.1) is 0 Å². The second kappa shape index (κ2) is 10.8. The number of nitrogens with zero attached hydrogens (tertiary/aromatic N) is 3. The molecule has 1 N–H and O–H groups in total. The van der Waals surface area contributed by atoms with E-state index in [-0.39, 0.29) is 17.9 Å². The van der Waals surface area contributed by atoms with Gasteiger partial charge in [0, 0.05) is 18.6 Å². The van der Waals surface area contributed by atoms with Gasteiger partial charge in [0.2, 0.25) is 5.91 Å². The van der Waals surface area contributed by atoms with E-state index in [4.69, 9.17) is 4.42 Å². The van der Waals surface area contributed by atoms with Gasteiger partial charge in [0.25, 0.3) is 5.91 Å². The highest BCUT2D eigenvalue weighted by molar-refractivity contribution is 6.00. The lowest BCUT2D eigenvalue weighted by Gasteiger charge is -2.45. The minimum Gasteiger partial charge on any atom is -0.463 e. The number of carbonyl (C=O) groups is 2. The van der Waals surface area contributed by atoms with Crippen molar-refractivity contribution in [2.24, 2.45) is 0 Å². The number of hydrogen-bond donors (Lipinski definition) is 1. The van der Waals surface area contributed by atoms with Gasteiger partial charge in [-0.3, -0.25) is 9.59 Å². The molecule has 2 aromatic heterocycles. The Bertz CT molecular complexity index is 1030. The van der Waals surface area contributed by atoms with E-state index in [1.807, 2.05) is 40.7 Å². The van der Waals surface area contributed by atoms with Crippen molar-refractivity contribution in [2.45, 2.75) is 102 Å². The van der Waals surface area contributed by atoms with Gasteiger partial charge in [0.05, 0.1) is 18.5 Å². The molecule has 0 unspecified atom stereocenters. The summed E-state index contributed by atoms with van der Waals surface area (Å²) in [5.41, 5.74) is 0.521. The molecule has 2 saturated carbocycles. The van der Waals surface area contributed by atoms with Crippen molar-refractivity contribution < 1.29 is 14.0 Å². The molecule has 3 heterocycles. The molecular weight excluding hydrogens is 452 g/mol. The lowest BCUT2D eigenvalue weighted by atomic mass is 9.91. The Morgan fingerprint density at radius 1 is 1.06 bits per heavy atom. The van der Waals surface area contributed by atoms with Crippen LogP contribution in [0.25, 0.3) is 11.5 Å². The highest BCUT2D eigenvalue weighted by atomic mass is 16.3. The standard InChI is InChI=1S/C29H42N4O3/c1-29(28(35)30-22-11-5-3-6-12-22)21-32-24(26-15-9-20-36-26)16-17-25(32)27(34)33(29)19-10-18-31(2)23-13-7-4-8-14-23/h9,15-17,20,22-23H,3-8,10-14,18-19,21H2,1-2H3,(H,30,35)/t29-/m1/s1. The van der Waals surface area contributed by atoms with Crippen LogP contribution in [0.4, 0.5) is 0 Å². The van der Waals surface area contributed by atoms with E-state index in [2.05, 4.69) is 17.3 Å². The van der Waals surface area contributed by atoms with E-state index >= 15 is 0 Å². The van der Waals surface area contributed by atoms with Gasteiger partial charge in [-0.15, -0.1) is 0 Å². The summed E-state index contributed by atoms with van der Waals surface area (Å²) in [6, 6.07) is 8.41. The molecule has 7 heteroatoms. The largest absolute Gasteiger partial charge is 0.463 e. The zero-order valence-corrected chi connectivity index (χ0v) is 22.0. The molecule has 0 spiro atoms. The van der Waals surface area contributed by atoms with E-state index in [0.29, 0.717) is 30.6 Å². The summed E-state index contributed by atoms with van der Waals surface area (Å²) in [6.45, 7) is 3.88. The topological polar surface area (TPSA) is 70.7 Å². The zero-order valence-electron chi connectivity index (χ0n) is 22.0. The molecule has 1 atom stereocenters. The first-order chi connectivity index (χ1) is 17.5. The van der Waals surface area contributed by atoms with Gasteiger partial charge in [-0.1, -0.05) is 38.5 Å². The molecule has 0 radical (unpaired) electrons. The number of fused-ring (bicyclic) bond motifs is 1. The lowest BCUT2D eigenvalue weighted by molar-refractivity contribution is -0.133. The van der Waals surface area contributed by atoms with E-state index in [9.17, 15) is 9.59 Å². The van der Waals surface area contributed by atoms with E-state index < -0.39 is 5.54 Å². The van der Waals surface area contributed by atoms with Crippen LogP contribution in [-0.4, -0.2) is 63.9 Å². The zero-order chi connectivity index (χ0) is 25.1. The molecule has 2 aliphatic carbocycles. The summed E-state index contributed by atoms with van der Waals surface area (Å²) >= 11 is 0. The molecule has 0 saturated heterocycles. The fourth-order valence-corrected chi connectivity index (χ4v) is 6.53. The van der Waals surface area contributed by atoms with Crippen LogP contribution in [0.15, 0.2) is 34.9 Å². The maximum Gasteiger partial charge on any atom is 0.271 e. The maximum absolute atomic E-state index is 13.9. The van der Waals surface area contributed by atoms with Gasteiger partial charge >= 0.3 is 0 Å². The number of amides is 2. The van der Waals surface area contributed by atoms with Gasteiger partial charge in [-0.2, -0.15) is 0 Å². The van der Waals surface area contributed by atoms with Crippen LogP contribution in [-0.2, 0) is 11.3 Å². The van der Waals surface area contributed by atoms with Crippen LogP contribution in [0.5, 0.6) is 0 Å². The fraction of sp³-hybridized carbons (Fsp3) is 0.655. The highest BCUT2D eigenvalue weighted by Crippen LogP contribution is 2.34. The number of rotatable bonds is 8. The number of nitrogens with one attached hydrogen (secondary N) is 1. The predicted octanol–water partition coefficient (Wildman–Crippen LogP) is 5.07. The molecule has 2 fully saturated rings. The summed E-state index contributed by atoms with van der Waals surface area (Å²) in [6.07, 6.45) is 14.6. The van der Waals surface area contributed by atoms with Crippen LogP contribution >= 0.6 is 0 Å². The van der Waals surface area contributed by atoms with Crippen molar-refractivity contribution in [2.75, 3.05) is 20.1 Å². The first kappa shape index (κ1) is 25.1. The third-order valence-electron chi connectivity index (χ3n) is 8.80. The Balaban J connectivity index is 1.36. The van der Waals surface area contributed by atoms with Crippen LogP contribution < -0.4 is 5.32 Å².